The van der Waals surface area contributed by atoms with Crippen molar-refractivity contribution in [1.82, 2.24) is 0 Å². The average molecular weight is 535 g/mol. The first kappa shape index (κ1) is 22.1. The van der Waals surface area contributed by atoms with Gasteiger partial charge in [0.05, 0.1) is 0 Å². The Kier molecular flexibility index (Phi) is 4.21. The maximum atomic E-state index is 6.45. The van der Waals surface area contributed by atoms with Gasteiger partial charge in [0.15, 0.2) is 0 Å². The van der Waals surface area contributed by atoms with Crippen molar-refractivity contribution in [2.24, 2.45) is 0 Å². The smallest absolute Gasteiger partial charge is 0.136 e. The lowest BCUT2D eigenvalue weighted by Gasteiger charge is -2.18. The van der Waals surface area contributed by atoms with Crippen LogP contribution >= 0.6 is 0 Å². The Morgan fingerprint density at radius 3 is 1.62 bits per heavy atom. The van der Waals surface area contributed by atoms with Crippen molar-refractivity contribution in [3.05, 3.63) is 133 Å². The lowest BCUT2D eigenvalue weighted by molar-refractivity contribution is 0.669. The number of hydrogen-bond donors (Lipinski definition) is 0. The molecule has 0 spiro atoms. The van der Waals surface area contributed by atoms with Gasteiger partial charge in [-0.05, 0) is 91.0 Å². The van der Waals surface area contributed by atoms with Crippen LogP contribution in [0.3, 0.4) is 0 Å². The fourth-order valence-corrected chi connectivity index (χ4v) is 7.23. The van der Waals surface area contributed by atoms with Crippen molar-refractivity contribution in [2.45, 2.75) is 0 Å². The zero-order valence-corrected chi connectivity index (χ0v) is 22.5. The standard InChI is InChI=1S/C40H22O2/c1-3-12-31-29(10-1)37(25-18-19-28-27-9-5-6-14-33(27)41-35(28)21-25)30-11-2-4-13-32(30)38(31)26-20-24-17-16-23-8-7-15-34-39(23)40(24)36(22-26)42-34/h1-22H. The minimum absolute atomic E-state index is 0.909. The first-order valence-electron chi connectivity index (χ1n) is 14.3. The molecule has 2 heteroatoms. The SMILES string of the molecule is c1ccc2c(c1)oc1cc(-c3c4ccccc4c(-c4cc5ccc6cccc7oc(c4)c5c67)c4ccccc34)ccc12. The number of rotatable bonds is 2. The molecular weight excluding hydrogens is 512 g/mol. The Balaban J connectivity index is 1.30. The molecule has 0 saturated heterocycles. The molecule has 10 aromatic rings. The minimum atomic E-state index is 0.909. The van der Waals surface area contributed by atoms with E-state index in [4.69, 9.17) is 8.83 Å². The number of hydrogen-bond acceptors (Lipinski definition) is 2. The highest BCUT2D eigenvalue weighted by Crippen LogP contribution is 2.46. The molecule has 0 amide bonds. The van der Waals surface area contributed by atoms with Crippen LogP contribution < -0.4 is 0 Å². The molecule has 0 N–H and O–H groups in total. The molecule has 0 aliphatic heterocycles. The largest absolute Gasteiger partial charge is 0.456 e. The second-order valence-electron chi connectivity index (χ2n) is 11.2. The summed E-state index contributed by atoms with van der Waals surface area (Å²) in [6.07, 6.45) is 0. The third-order valence-corrected chi connectivity index (χ3v) is 8.99. The van der Waals surface area contributed by atoms with Crippen LogP contribution in [0, 0.1) is 0 Å². The molecule has 2 aromatic heterocycles. The van der Waals surface area contributed by atoms with Crippen LogP contribution in [0.2, 0.25) is 0 Å². The van der Waals surface area contributed by atoms with E-state index in [0.29, 0.717) is 0 Å². The lowest BCUT2D eigenvalue weighted by Crippen LogP contribution is -1.91. The second kappa shape index (κ2) is 7.99. The van der Waals surface area contributed by atoms with Gasteiger partial charge in [-0.2, -0.15) is 0 Å². The minimum Gasteiger partial charge on any atom is -0.456 e. The van der Waals surface area contributed by atoms with Crippen LogP contribution in [-0.4, -0.2) is 0 Å². The fourth-order valence-electron chi connectivity index (χ4n) is 7.23. The average Bonchev–Trinajstić information content (AvgIpc) is 3.61. The van der Waals surface area contributed by atoms with E-state index in [2.05, 4.69) is 121 Å². The summed E-state index contributed by atoms with van der Waals surface area (Å²) in [6.45, 7) is 0. The molecule has 0 aliphatic carbocycles. The highest BCUT2D eigenvalue weighted by atomic mass is 16.3. The monoisotopic (exact) mass is 534 g/mol. The van der Waals surface area contributed by atoms with Gasteiger partial charge in [0.2, 0.25) is 0 Å². The third kappa shape index (κ3) is 2.88. The van der Waals surface area contributed by atoms with Gasteiger partial charge in [-0.15, -0.1) is 0 Å². The maximum absolute atomic E-state index is 6.45. The predicted molar refractivity (Wildman–Crippen MR) is 176 cm³/mol. The van der Waals surface area contributed by atoms with Crippen molar-refractivity contribution in [3.8, 4) is 22.3 Å². The topological polar surface area (TPSA) is 26.3 Å². The zero-order chi connectivity index (χ0) is 27.4. The molecule has 42 heavy (non-hydrogen) atoms. The molecular formula is C40H22O2. The maximum Gasteiger partial charge on any atom is 0.136 e. The van der Waals surface area contributed by atoms with Crippen molar-refractivity contribution in [1.29, 1.82) is 0 Å². The Labute approximate surface area is 240 Å². The van der Waals surface area contributed by atoms with Crippen molar-refractivity contribution in [2.75, 3.05) is 0 Å². The van der Waals surface area contributed by atoms with Crippen LogP contribution in [0.4, 0.5) is 0 Å². The Morgan fingerprint density at radius 2 is 0.857 bits per heavy atom. The molecule has 0 aliphatic rings. The summed E-state index contributed by atoms with van der Waals surface area (Å²) in [5.41, 5.74) is 8.47. The van der Waals surface area contributed by atoms with Gasteiger partial charge in [0.1, 0.15) is 22.3 Å². The first-order valence-corrected chi connectivity index (χ1v) is 14.3. The summed E-state index contributed by atoms with van der Waals surface area (Å²) in [5, 5.41) is 12.0. The summed E-state index contributed by atoms with van der Waals surface area (Å²) in [7, 11) is 0. The number of para-hydroxylation sites is 1. The summed E-state index contributed by atoms with van der Waals surface area (Å²) < 4.78 is 12.8. The molecule has 2 heterocycles. The van der Waals surface area contributed by atoms with E-state index in [9.17, 15) is 0 Å². The van der Waals surface area contributed by atoms with E-state index in [-0.39, 0.29) is 0 Å². The summed E-state index contributed by atoms with van der Waals surface area (Å²) in [5.74, 6) is 0. The van der Waals surface area contributed by atoms with Crippen LogP contribution in [0.15, 0.2) is 142 Å². The van der Waals surface area contributed by atoms with Crippen LogP contribution in [0.25, 0.3) is 98.4 Å². The summed E-state index contributed by atoms with van der Waals surface area (Å²) in [6, 6.07) is 47.8. The second-order valence-corrected chi connectivity index (χ2v) is 11.2. The van der Waals surface area contributed by atoms with Gasteiger partial charge in [-0.3, -0.25) is 0 Å². The van der Waals surface area contributed by atoms with E-state index >= 15 is 0 Å². The molecule has 0 fully saturated rings. The normalized spacial score (nSPS) is 12.3. The lowest BCUT2D eigenvalue weighted by atomic mass is 9.85. The molecule has 194 valence electrons. The van der Waals surface area contributed by atoms with Crippen molar-refractivity contribution in [3.63, 3.8) is 0 Å². The molecule has 10 rings (SSSR count). The molecule has 0 unspecified atom stereocenters. The highest BCUT2D eigenvalue weighted by molar-refractivity contribution is 6.25. The molecule has 8 aromatic carbocycles. The molecule has 0 radical (unpaired) electrons. The number of fused-ring (bicyclic) bond motifs is 5. The van der Waals surface area contributed by atoms with E-state index in [1.807, 2.05) is 12.1 Å². The van der Waals surface area contributed by atoms with Crippen LogP contribution in [-0.2, 0) is 0 Å². The zero-order valence-electron chi connectivity index (χ0n) is 22.5. The van der Waals surface area contributed by atoms with Gasteiger partial charge in [-0.1, -0.05) is 97.1 Å². The Hall–Kier alpha value is -5.60. The molecule has 0 bridgehead atoms. The molecule has 0 saturated carbocycles. The first-order chi connectivity index (χ1) is 20.8. The van der Waals surface area contributed by atoms with Gasteiger partial charge < -0.3 is 8.83 Å². The highest BCUT2D eigenvalue weighted by Gasteiger charge is 2.20. The van der Waals surface area contributed by atoms with E-state index in [1.165, 1.54) is 54.2 Å². The van der Waals surface area contributed by atoms with E-state index in [0.717, 1.165) is 44.2 Å². The van der Waals surface area contributed by atoms with Gasteiger partial charge in [-0.25, -0.2) is 0 Å². The Bertz CT molecular complexity index is 2630. The number of furan rings is 2. The van der Waals surface area contributed by atoms with Crippen LogP contribution in [0.5, 0.6) is 0 Å². The third-order valence-electron chi connectivity index (χ3n) is 8.99. The van der Waals surface area contributed by atoms with Crippen molar-refractivity contribution >= 4 is 76.2 Å². The van der Waals surface area contributed by atoms with Gasteiger partial charge in [0.25, 0.3) is 0 Å². The summed E-state index contributed by atoms with van der Waals surface area (Å²) >= 11 is 0. The molecule has 2 nitrogen and oxygen atoms in total. The van der Waals surface area contributed by atoms with E-state index < -0.39 is 0 Å². The van der Waals surface area contributed by atoms with Crippen molar-refractivity contribution < 1.29 is 8.83 Å². The molecule has 0 atom stereocenters. The number of benzene rings is 8. The Morgan fingerprint density at radius 1 is 0.310 bits per heavy atom. The van der Waals surface area contributed by atoms with Crippen LogP contribution in [0.1, 0.15) is 0 Å². The quantitative estimate of drug-likeness (QED) is 0.163. The van der Waals surface area contributed by atoms with E-state index in [1.54, 1.807) is 0 Å². The fraction of sp³-hybridized carbons (Fsp3) is 0. The van der Waals surface area contributed by atoms with Gasteiger partial charge >= 0.3 is 0 Å². The van der Waals surface area contributed by atoms with Gasteiger partial charge in [0, 0.05) is 21.5 Å². The summed E-state index contributed by atoms with van der Waals surface area (Å²) in [4.78, 5) is 0. The predicted octanol–water partition coefficient (Wildman–Crippen LogP) is 11.7.